The number of likely N-dealkylation sites (N-methyl/N-ethyl adjacent to an activating group) is 1. The van der Waals surface area contributed by atoms with E-state index in [4.69, 9.17) is 9.84 Å². The van der Waals surface area contributed by atoms with Crippen LogP contribution in [-0.4, -0.2) is 49.0 Å². The highest BCUT2D eigenvalue weighted by Crippen LogP contribution is 2.27. The van der Waals surface area contributed by atoms with Gasteiger partial charge < -0.3 is 14.7 Å². The molecule has 0 bridgehead atoms. The minimum absolute atomic E-state index is 0.377. The average molecular weight is 241 g/mol. The monoisotopic (exact) mass is 241 g/mol. The Morgan fingerprint density at radius 1 is 1.12 bits per heavy atom. The van der Waals surface area contributed by atoms with E-state index in [1.807, 2.05) is 0 Å². The minimum Gasteiger partial charge on any atom is -0.396 e. The van der Waals surface area contributed by atoms with Crippen molar-refractivity contribution >= 4 is 0 Å². The van der Waals surface area contributed by atoms with Crippen LogP contribution < -0.4 is 0 Å². The number of hydrogen-bond donors (Lipinski definition) is 1. The summed E-state index contributed by atoms with van der Waals surface area (Å²) in [6.45, 7) is 2.42. The smallest absolute Gasteiger partial charge is 0.0702 e. The molecule has 0 aromatic carbocycles. The molecule has 3 nitrogen and oxygen atoms in total. The first kappa shape index (κ1) is 13.3. The molecule has 0 aromatic rings. The molecule has 2 rings (SSSR count). The van der Waals surface area contributed by atoms with E-state index in [0.29, 0.717) is 24.7 Å². The van der Waals surface area contributed by atoms with Gasteiger partial charge in [0.2, 0.25) is 0 Å². The lowest BCUT2D eigenvalue weighted by Gasteiger charge is -2.36. The SMILES string of the molecule is CN(CC1CCCCO1)C1CCC(CO)CC1. The molecule has 1 heterocycles. The van der Waals surface area contributed by atoms with Crippen LogP contribution in [0.2, 0.25) is 0 Å². The molecule has 0 radical (unpaired) electrons. The number of nitrogens with zero attached hydrogens (tertiary/aromatic N) is 1. The van der Waals surface area contributed by atoms with Crippen molar-refractivity contribution in [2.24, 2.45) is 5.92 Å². The molecule has 2 aliphatic rings. The summed E-state index contributed by atoms with van der Waals surface area (Å²) in [4.78, 5) is 2.49. The lowest BCUT2D eigenvalue weighted by Crippen LogP contribution is -2.41. The van der Waals surface area contributed by atoms with Gasteiger partial charge in [0.05, 0.1) is 6.10 Å². The van der Waals surface area contributed by atoms with Crippen molar-refractivity contribution in [1.82, 2.24) is 4.90 Å². The molecule has 1 unspecified atom stereocenters. The fourth-order valence-electron chi connectivity index (χ4n) is 3.19. The van der Waals surface area contributed by atoms with Crippen LogP contribution in [0, 0.1) is 5.92 Å². The Morgan fingerprint density at radius 3 is 2.47 bits per heavy atom. The molecule has 1 N–H and O–H groups in total. The van der Waals surface area contributed by atoms with E-state index < -0.39 is 0 Å². The van der Waals surface area contributed by atoms with Crippen molar-refractivity contribution in [2.75, 3.05) is 26.8 Å². The summed E-state index contributed by atoms with van der Waals surface area (Å²) in [5, 5.41) is 9.14. The molecule has 0 amide bonds. The Kier molecular flexibility index (Phi) is 5.26. The van der Waals surface area contributed by atoms with Gasteiger partial charge in [-0.05, 0) is 57.9 Å². The van der Waals surface area contributed by atoms with Crippen molar-refractivity contribution in [2.45, 2.75) is 57.1 Å². The fourth-order valence-corrected chi connectivity index (χ4v) is 3.19. The van der Waals surface area contributed by atoms with Crippen LogP contribution in [0.3, 0.4) is 0 Å². The Hall–Kier alpha value is -0.120. The molecule has 3 heteroatoms. The summed E-state index contributed by atoms with van der Waals surface area (Å²) in [5.41, 5.74) is 0. The minimum atomic E-state index is 0.377. The predicted molar refractivity (Wildman–Crippen MR) is 69.1 cm³/mol. The van der Waals surface area contributed by atoms with E-state index in [1.165, 1.54) is 44.9 Å². The van der Waals surface area contributed by atoms with Crippen molar-refractivity contribution in [3.05, 3.63) is 0 Å². The second-order valence-corrected chi connectivity index (χ2v) is 5.79. The molecule has 1 aliphatic heterocycles. The zero-order chi connectivity index (χ0) is 12.1. The van der Waals surface area contributed by atoms with Gasteiger partial charge in [-0.2, -0.15) is 0 Å². The van der Waals surface area contributed by atoms with Gasteiger partial charge in [0.15, 0.2) is 0 Å². The average Bonchev–Trinajstić information content (AvgIpc) is 2.40. The third kappa shape index (κ3) is 3.94. The second kappa shape index (κ2) is 6.72. The molecular formula is C14H27NO2. The molecule has 1 saturated carbocycles. The Morgan fingerprint density at radius 2 is 1.88 bits per heavy atom. The van der Waals surface area contributed by atoms with E-state index in [2.05, 4.69) is 11.9 Å². The quantitative estimate of drug-likeness (QED) is 0.817. The third-order valence-electron chi connectivity index (χ3n) is 4.46. The van der Waals surface area contributed by atoms with Gasteiger partial charge in [0.1, 0.15) is 0 Å². The van der Waals surface area contributed by atoms with Crippen molar-refractivity contribution < 1.29 is 9.84 Å². The Labute approximate surface area is 105 Å². The van der Waals surface area contributed by atoms with Gasteiger partial charge in [-0.3, -0.25) is 0 Å². The summed E-state index contributed by atoms with van der Waals surface area (Å²) >= 11 is 0. The highest BCUT2D eigenvalue weighted by Gasteiger charge is 2.25. The maximum atomic E-state index is 9.14. The number of rotatable bonds is 4. The van der Waals surface area contributed by atoms with Crippen molar-refractivity contribution in [1.29, 1.82) is 0 Å². The van der Waals surface area contributed by atoms with E-state index >= 15 is 0 Å². The molecule has 1 saturated heterocycles. The molecule has 0 spiro atoms. The van der Waals surface area contributed by atoms with Crippen LogP contribution in [0.4, 0.5) is 0 Å². The zero-order valence-electron chi connectivity index (χ0n) is 11.1. The summed E-state index contributed by atoms with van der Waals surface area (Å²) in [5.74, 6) is 0.561. The summed E-state index contributed by atoms with van der Waals surface area (Å²) < 4.78 is 5.80. The van der Waals surface area contributed by atoms with Gasteiger partial charge in [0, 0.05) is 25.8 Å². The van der Waals surface area contributed by atoms with Gasteiger partial charge >= 0.3 is 0 Å². The van der Waals surface area contributed by atoms with Crippen molar-refractivity contribution in [3.63, 3.8) is 0 Å². The van der Waals surface area contributed by atoms with Crippen LogP contribution in [0.25, 0.3) is 0 Å². The molecule has 17 heavy (non-hydrogen) atoms. The Balaban J connectivity index is 1.70. The predicted octanol–water partition coefficient (Wildman–Crippen LogP) is 2.04. The van der Waals surface area contributed by atoms with E-state index in [1.54, 1.807) is 0 Å². The van der Waals surface area contributed by atoms with Crippen molar-refractivity contribution in [3.8, 4) is 0 Å². The highest BCUT2D eigenvalue weighted by atomic mass is 16.5. The third-order valence-corrected chi connectivity index (χ3v) is 4.46. The Bertz CT molecular complexity index is 208. The van der Waals surface area contributed by atoms with Gasteiger partial charge in [-0.1, -0.05) is 0 Å². The second-order valence-electron chi connectivity index (χ2n) is 5.79. The largest absolute Gasteiger partial charge is 0.396 e. The number of aliphatic hydroxyl groups is 1. The lowest BCUT2D eigenvalue weighted by atomic mass is 9.86. The highest BCUT2D eigenvalue weighted by molar-refractivity contribution is 4.80. The summed E-state index contributed by atoms with van der Waals surface area (Å²) in [6.07, 6.45) is 9.13. The van der Waals surface area contributed by atoms with Gasteiger partial charge in [0.25, 0.3) is 0 Å². The lowest BCUT2D eigenvalue weighted by molar-refractivity contribution is -0.0129. The van der Waals surface area contributed by atoms with Crippen LogP contribution in [0.5, 0.6) is 0 Å². The van der Waals surface area contributed by atoms with Crippen LogP contribution in [-0.2, 0) is 4.74 Å². The van der Waals surface area contributed by atoms with E-state index in [-0.39, 0.29) is 0 Å². The van der Waals surface area contributed by atoms with Crippen LogP contribution in [0.1, 0.15) is 44.9 Å². The molecule has 1 atom stereocenters. The topological polar surface area (TPSA) is 32.7 Å². The molecule has 2 fully saturated rings. The molecule has 1 aliphatic carbocycles. The number of hydrogen-bond acceptors (Lipinski definition) is 3. The zero-order valence-corrected chi connectivity index (χ0v) is 11.1. The standard InChI is InChI=1S/C14H27NO2/c1-15(10-14-4-2-3-9-17-14)13-7-5-12(11-16)6-8-13/h12-14,16H,2-11H2,1H3. The van der Waals surface area contributed by atoms with Gasteiger partial charge in [-0.15, -0.1) is 0 Å². The normalized spacial score (nSPS) is 35.1. The van der Waals surface area contributed by atoms with Crippen LogP contribution in [0.15, 0.2) is 0 Å². The molecular weight excluding hydrogens is 214 g/mol. The van der Waals surface area contributed by atoms with Crippen LogP contribution >= 0.6 is 0 Å². The molecule has 0 aromatic heterocycles. The van der Waals surface area contributed by atoms with E-state index in [9.17, 15) is 0 Å². The summed E-state index contributed by atoms with van der Waals surface area (Å²) in [6, 6.07) is 0.711. The first-order chi connectivity index (χ1) is 8.29. The first-order valence-electron chi connectivity index (χ1n) is 7.22. The number of aliphatic hydroxyl groups excluding tert-OH is 1. The maximum absolute atomic E-state index is 9.14. The molecule has 100 valence electrons. The summed E-state index contributed by atoms with van der Waals surface area (Å²) in [7, 11) is 2.24. The first-order valence-corrected chi connectivity index (χ1v) is 7.22. The van der Waals surface area contributed by atoms with Gasteiger partial charge in [-0.25, -0.2) is 0 Å². The maximum Gasteiger partial charge on any atom is 0.0702 e. The fraction of sp³-hybridized carbons (Fsp3) is 1.00. The van der Waals surface area contributed by atoms with E-state index in [0.717, 1.165) is 13.2 Å². The number of ether oxygens (including phenoxy) is 1.